The van der Waals surface area contributed by atoms with Crippen LogP contribution < -0.4 is 10.1 Å². The zero-order chi connectivity index (χ0) is 15.4. The van der Waals surface area contributed by atoms with Crippen molar-refractivity contribution in [2.24, 2.45) is 11.8 Å². The summed E-state index contributed by atoms with van der Waals surface area (Å²) in [4.78, 5) is 0. The summed E-state index contributed by atoms with van der Waals surface area (Å²) in [6.07, 6.45) is 3.50. The fourth-order valence-corrected chi connectivity index (χ4v) is 3.46. The minimum Gasteiger partial charge on any atom is -0.434 e. The Bertz CT molecular complexity index is 460. The van der Waals surface area contributed by atoms with Crippen LogP contribution in [0.1, 0.15) is 38.7 Å². The molecule has 0 aliphatic heterocycles. The van der Waals surface area contributed by atoms with E-state index in [0.29, 0.717) is 35.0 Å². The van der Waals surface area contributed by atoms with E-state index in [1.165, 1.54) is 12.5 Å². The highest BCUT2D eigenvalue weighted by Gasteiger charge is 2.23. The van der Waals surface area contributed by atoms with Crippen molar-refractivity contribution >= 4 is 11.6 Å². The monoisotopic (exact) mass is 317 g/mol. The molecule has 118 valence electrons. The second-order valence-corrected chi connectivity index (χ2v) is 6.56. The van der Waals surface area contributed by atoms with E-state index in [4.69, 9.17) is 11.6 Å². The summed E-state index contributed by atoms with van der Waals surface area (Å²) in [7, 11) is 0. The molecule has 0 heterocycles. The second kappa shape index (κ2) is 7.41. The van der Waals surface area contributed by atoms with Crippen LogP contribution in [0.15, 0.2) is 18.2 Å². The molecule has 2 unspecified atom stereocenters. The van der Waals surface area contributed by atoms with Crippen LogP contribution >= 0.6 is 11.6 Å². The molecule has 21 heavy (non-hydrogen) atoms. The molecule has 1 N–H and O–H groups in total. The van der Waals surface area contributed by atoms with E-state index < -0.39 is 6.61 Å². The molecule has 1 aromatic carbocycles. The summed E-state index contributed by atoms with van der Waals surface area (Å²) in [5, 5.41) is 3.98. The third-order valence-electron chi connectivity index (χ3n) is 4.00. The minimum atomic E-state index is -2.82. The van der Waals surface area contributed by atoms with Crippen molar-refractivity contribution in [3.05, 3.63) is 28.8 Å². The molecule has 0 spiro atoms. The lowest BCUT2D eigenvalue weighted by Gasteiger charge is -2.32. The molecule has 1 aliphatic rings. The lowest BCUT2D eigenvalue weighted by Crippen LogP contribution is -2.36. The van der Waals surface area contributed by atoms with Crippen molar-refractivity contribution in [2.75, 3.05) is 0 Å². The lowest BCUT2D eigenvalue weighted by molar-refractivity contribution is -0.0505. The van der Waals surface area contributed by atoms with Gasteiger partial charge in [0, 0.05) is 23.2 Å². The summed E-state index contributed by atoms with van der Waals surface area (Å²) in [6.45, 7) is 2.19. The Morgan fingerprint density at radius 2 is 1.90 bits per heavy atom. The number of hydrogen-bond acceptors (Lipinski definition) is 2. The van der Waals surface area contributed by atoms with Gasteiger partial charge in [0.2, 0.25) is 0 Å². The summed E-state index contributed by atoms with van der Waals surface area (Å²) in [5.41, 5.74) is 0.675. The van der Waals surface area contributed by atoms with Crippen LogP contribution in [0.4, 0.5) is 8.78 Å². The first kappa shape index (κ1) is 16.5. The number of nitrogens with one attached hydrogen (secondary N) is 1. The zero-order valence-electron chi connectivity index (χ0n) is 12.4. The molecule has 0 radical (unpaired) electrons. The molecule has 1 fully saturated rings. The van der Waals surface area contributed by atoms with Crippen LogP contribution in [0.25, 0.3) is 0 Å². The SMILES string of the molecule is CC1CC(C)CC(NCc2cc(Cl)ccc2OC(F)F)C1. The Kier molecular flexibility index (Phi) is 5.82. The topological polar surface area (TPSA) is 21.3 Å². The summed E-state index contributed by atoms with van der Waals surface area (Å²) in [6, 6.07) is 5.16. The average molecular weight is 318 g/mol. The standard InChI is InChI=1S/C16H22ClF2NO/c1-10-5-11(2)7-14(6-10)20-9-12-8-13(17)3-4-15(12)21-16(18)19/h3-4,8,10-11,14,16,20H,5-7,9H2,1-2H3. The predicted molar refractivity (Wildman–Crippen MR) is 80.9 cm³/mol. The molecule has 0 saturated heterocycles. The van der Waals surface area contributed by atoms with Crippen LogP contribution in [0, 0.1) is 11.8 Å². The highest BCUT2D eigenvalue weighted by atomic mass is 35.5. The van der Waals surface area contributed by atoms with Gasteiger partial charge in [-0.05, 0) is 49.3 Å². The van der Waals surface area contributed by atoms with E-state index in [2.05, 4.69) is 23.9 Å². The van der Waals surface area contributed by atoms with E-state index in [1.807, 2.05) is 0 Å². The maximum absolute atomic E-state index is 12.4. The number of halogens is 3. The largest absolute Gasteiger partial charge is 0.434 e. The highest BCUT2D eigenvalue weighted by Crippen LogP contribution is 2.30. The molecule has 2 atom stereocenters. The van der Waals surface area contributed by atoms with E-state index in [-0.39, 0.29) is 5.75 Å². The Balaban J connectivity index is 2.00. The molecule has 0 aromatic heterocycles. The first-order valence-corrected chi connectivity index (χ1v) is 7.78. The van der Waals surface area contributed by atoms with Crippen LogP contribution in [-0.2, 0) is 6.54 Å². The lowest BCUT2D eigenvalue weighted by atomic mass is 9.80. The third kappa shape index (κ3) is 5.11. The third-order valence-corrected chi connectivity index (χ3v) is 4.23. The summed E-state index contributed by atoms with van der Waals surface area (Å²) < 4.78 is 29.4. The summed E-state index contributed by atoms with van der Waals surface area (Å²) in [5.74, 6) is 1.59. The van der Waals surface area contributed by atoms with Gasteiger partial charge in [0.05, 0.1) is 0 Å². The number of hydrogen-bond donors (Lipinski definition) is 1. The fraction of sp³-hybridized carbons (Fsp3) is 0.625. The van der Waals surface area contributed by atoms with Gasteiger partial charge in [0.25, 0.3) is 0 Å². The maximum Gasteiger partial charge on any atom is 0.387 e. The fourth-order valence-electron chi connectivity index (χ4n) is 3.27. The summed E-state index contributed by atoms with van der Waals surface area (Å²) >= 11 is 5.95. The Morgan fingerprint density at radius 3 is 2.52 bits per heavy atom. The van der Waals surface area contributed by atoms with Crippen molar-refractivity contribution in [3.63, 3.8) is 0 Å². The van der Waals surface area contributed by atoms with Gasteiger partial charge in [0.15, 0.2) is 0 Å². The van der Waals surface area contributed by atoms with Gasteiger partial charge in [-0.3, -0.25) is 0 Å². The van der Waals surface area contributed by atoms with Crippen molar-refractivity contribution in [2.45, 2.75) is 52.3 Å². The second-order valence-electron chi connectivity index (χ2n) is 6.13. The van der Waals surface area contributed by atoms with Crippen LogP contribution in [-0.4, -0.2) is 12.7 Å². The Hall–Kier alpha value is -0.870. The van der Waals surface area contributed by atoms with Gasteiger partial charge < -0.3 is 10.1 Å². The quantitative estimate of drug-likeness (QED) is 0.837. The number of ether oxygens (including phenoxy) is 1. The van der Waals surface area contributed by atoms with Gasteiger partial charge in [0.1, 0.15) is 5.75 Å². The average Bonchev–Trinajstić information content (AvgIpc) is 2.37. The van der Waals surface area contributed by atoms with Crippen molar-refractivity contribution < 1.29 is 13.5 Å². The predicted octanol–water partition coefficient (Wildman–Crippen LogP) is 4.86. The molecular formula is C16H22ClF2NO. The normalized spacial score (nSPS) is 26.1. The smallest absolute Gasteiger partial charge is 0.387 e. The molecule has 1 aromatic rings. The van der Waals surface area contributed by atoms with Crippen molar-refractivity contribution in [1.29, 1.82) is 0 Å². The molecule has 2 rings (SSSR count). The molecule has 1 saturated carbocycles. The number of alkyl halides is 2. The van der Waals surface area contributed by atoms with Crippen LogP contribution in [0.2, 0.25) is 5.02 Å². The molecule has 1 aliphatic carbocycles. The first-order chi connectivity index (χ1) is 9.94. The maximum atomic E-state index is 12.4. The van der Waals surface area contributed by atoms with E-state index in [1.54, 1.807) is 12.1 Å². The van der Waals surface area contributed by atoms with Crippen molar-refractivity contribution in [3.8, 4) is 5.75 Å². The van der Waals surface area contributed by atoms with Gasteiger partial charge in [-0.25, -0.2) is 0 Å². The first-order valence-electron chi connectivity index (χ1n) is 7.40. The van der Waals surface area contributed by atoms with E-state index in [9.17, 15) is 8.78 Å². The van der Waals surface area contributed by atoms with Crippen molar-refractivity contribution in [1.82, 2.24) is 5.32 Å². The van der Waals surface area contributed by atoms with E-state index >= 15 is 0 Å². The van der Waals surface area contributed by atoms with Gasteiger partial charge in [-0.1, -0.05) is 25.4 Å². The van der Waals surface area contributed by atoms with Crippen LogP contribution in [0.3, 0.4) is 0 Å². The Morgan fingerprint density at radius 1 is 1.24 bits per heavy atom. The highest BCUT2D eigenvalue weighted by molar-refractivity contribution is 6.30. The molecular weight excluding hydrogens is 296 g/mol. The van der Waals surface area contributed by atoms with Gasteiger partial charge in [-0.15, -0.1) is 0 Å². The minimum absolute atomic E-state index is 0.193. The number of benzene rings is 1. The van der Waals surface area contributed by atoms with E-state index in [0.717, 1.165) is 12.8 Å². The molecule has 2 nitrogen and oxygen atoms in total. The van der Waals surface area contributed by atoms with Gasteiger partial charge in [-0.2, -0.15) is 8.78 Å². The Labute approximate surface area is 129 Å². The zero-order valence-corrected chi connectivity index (χ0v) is 13.2. The van der Waals surface area contributed by atoms with Gasteiger partial charge >= 0.3 is 6.61 Å². The molecule has 0 bridgehead atoms. The van der Waals surface area contributed by atoms with Crippen LogP contribution in [0.5, 0.6) is 5.75 Å². The molecule has 0 amide bonds. The number of rotatable bonds is 5. The molecule has 5 heteroatoms.